The highest BCUT2D eigenvalue weighted by Gasteiger charge is 2.20. The van der Waals surface area contributed by atoms with Gasteiger partial charge in [-0.3, -0.25) is 0 Å². The van der Waals surface area contributed by atoms with Crippen molar-refractivity contribution in [2.75, 3.05) is 6.79 Å². The van der Waals surface area contributed by atoms with E-state index in [4.69, 9.17) is 15.2 Å². The quantitative estimate of drug-likeness (QED) is 0.425. The van der Waals surface area contributed by atoms with E-state index >= 15 is 0 Å². The predicted octanol–water partition coefficient (Wildman–Crippen LogP) is 2.84. The second-order valence-electron chi connectivity index (χ2n) is 5.77. The van der Waals surface area contributed by atoms with Gasteiger partial charge in [0.1, 0.15) is 5.75 Å². The zero-order valence-electron chi connectivity index (χ0n) is 13.1. The van der Waals surface area contributed by atoms with Crippen molar-refractivity contribution in [3.05, 3.63) is 17.7 Å². The van der Waals surface area contributed by atoms with Crippen molar-refractivity contribution in [2.24, 2.45) is 10.7 Å². The monoisotopic (exact) mass is 443 g/mol. The summed E-state index contributed by atoms with van der Waals surface area (Å²) in [6.07, 6.45) is 0. The molecule has 1 aliphatic heterocycles. The third kappa shape index (κ3) is 5.88. The van der Waals surface area contributed by atoms with Crippen molar-refractivity contribution in [1.82, 2.24) is 5.32 Å². The smallest absolute Gasteiger partial charge is 0.387 e. The standard InChI is InChI=1S/C14H19F2N3O3.HI/c1-14(2,3)19-13(17)18-6-8-4-10-11(21-7-20-10)5-9(8)22-12(15)16;/h4-5,12H,6-7H2,1-3H3,(H3,17,18,19);1H. The zero-order chi connectivity index (χ0) is 16.3. The van der Waals surface area contributed by atoms with E-state index in [9.17, 15) is 8.78 Å². The summed E-state index contributed by atoms with van der Waals surface area (Å²) in [7, 11) is 0. The van der Waals surface area contributed by atoms with Gasteiger partial charge in [-0.1, -0.05) is 0 Å². The van der Waals surface area contributed by atoms with E-state index < -0.39 is 6.61 Å². The number of rotatable bonds is 4. The van der Waals surface area contributed by atoms with Crippen molar-refractivity contribution in [3.8, 4) is 17.2 Å². The molecule has 0 fully saturated rings. The molecule has 0 saturated carbocycles. The van der Waals surface area contributed by atoms with Gasteiger partial charge in [0.05, 0.1) is 6.54 Å². The molecule has 3 N–H and O–H groups in total. The number of ether oxygens (including phenoxy) is 3. The Kier molecular flexibility index (Phi) is 6.66. The number of nitrogens with two attached hydrogens (primary N) is 1. The third-order valence-electron chi connectivity index (χ3n) is 2.69. The van der Waals surface area contributed by atoms with Crippen LogP contribution >= 0.6 is 24.0 Å². The Morgan fingerprint density at radius 3 is 2.52 bits per heavy atom. The van der Waals surface area contributed by atoms with Crippen LogP contribution in [0.3, 0.4) is 0 Å². The van der Waals surface area contributed by atoms with E-state index in [1.807, 2.05) is 20.8 Å². The molecule has 1 aromatic carbocycles. The first-order valence-corrected chi connectivity index (χ1v) is 6.70. The van der Waals surface area contributed by atoms with Crippen LogP contribution in [0.2, 0.25) is 0 Å². The molecule has 0 saturated heterocycles. The topological polar surface area (TPSA) is 78.1 Å². The first-order valence-electron chi connectivity index (χ1n) is 6.70. The molecule has 0 radical (unpaired) electrons. The fourth-order valence-corrected chi connectivity index (χ4v) is 1.89. The lowest BCUT2D eigenvalue weighted by molar-refractivity contribution is -0.0504. The highest BCUT2D eigenvalue weighted by atomic mass is 127. The van der Waals surface area contributed by atoms with E-state index in [-0.39, 0.29) is 54.6 Å². The van der Waals surface area contributed by atoms with Crippen molar-refractivity contribution < 1.29 is 23.0 Å². The molecule has 23 heavy (non-hydrogen) atoms. The zero-order valence-corrected chi connectivity index (χ0v) is 15.4. The summed E-state index contributed by atoms with van der Waals surface area (Å²) < 4.78 is 39.9. The first kappa shape index (κ1) is 19.5. The van der Waals surface area contributed by atoms with Gasteiger partial charge in [-0.2, -0.15) is 8.78 Å². The summed E-state index contributed by atoms with van der Waals surface area (Å²) in [5, 5.41) is 2.98. The van der Waals surface area contributed by atoms with Crippen LogP contribution in [0.5, 0.6) is 17.2 Å². The summed E-state index contributed by atoms with van der Waals surface area (Å²) in [5.41, 5.74) is 5.95. The minimum absolute atomic E-state index is 0. The molecule has 0 unspecified atom stereocenters. The van der Waals surface area contributed by atoms with Gasteiger partial charge in [0.2, 0.25) is 6.79 Å². The van der Waals surface area contributed by atoms with Gasteiger partial charge >= 0.3 is 6.61 Å². The van der Waals surface area contributed by atoms with Crippen LogP contribution < -0.4 is 25.3 Å². The number of guanidine groups is 1. The minimum Gasteiger partial charge on any atom is -0.454 e. The number of alkyl halides is 2. The molecule has 1 heterocycles. The molecule has 0 bridgehead atoms. The fraction of sp³-hybridized carbons (Fsp3) is 0.500. The maximum absolute atomic E-state index is 12.5. The van der Waals surface area contributed by atoms with E-state index in [2.05, 4.69) is 15.0 Å². The number of nitrogens with one attached hydrogen (secondary N) is 1. The largest absolute Gasteiger partial charge is 0.454 e. The van der Waals surface area contributed by atoms with Gasteiger partial charge in [-0.15, -0.1) is 24.0 Å². The first-order chi connectivity index (χ1) is 10.2. The summed E-state index contributed by atoms with van der Waals surface area (Å²) in [6, 6.07) is 2.93. The second kappa shape index (κ2) is 7.84. The van der Waals surface area contributed by atoms with Gasteiger partial charge in [0.25, 0.3) is 0 Å². The molecule has 0 aromatic heterocycles. The van der Waals surface area contributed by atoms with Gasteiger partial charge < -0.3 is 25.3 Å². The van der Waals surface area contributed by atoms with Crippen LogP contribution in [0, 0.1) is 0 Å². The molecule has 2 rings (SSSR count). The summed E-state index contributed by atoms with van der Waals surface area (Å²) >= 11 is 0. The molecule has 0 atom stereocenters. The number of aliphatic imine (C=N–C) groups is 1. The van der Waals surface area contributed by atoms with Crippen LogP contribution in [-0.2, 0) is 6.54 Å². The summed E-state index contributed by atoms with van der Waals surface area (Å²) in [6.45, 7) is 2.98. The number of fused-ring (bicyclic) bond motifs is 1. The van der Waals surface area contributed by atoms with Gasteiger partial charge in [-0.05, 0) is 26.8 Å². The van der Waals surface area contributed by atoms with E-state index in [0.717, 1.165) is 0 Å². The molecule has 0 aliphatic carbocycles. The van der Waals surface area contributed by atoms with Crippen LogP contribution in [0.1, 0.15) is 26.3 Å². The highest BCUT2D eigenvalue weighted by Crippen LogP contribution is 2.38. The molecular weight excluding hydrogens is 423 g/mol. The average molecular weight is 443 g/mol. The molecule has 130 valence electrons. The Morgan fingerprint density at radius 2 is 1.96 bits per heavy atom. The molecule has 9 heteroatoms. The van der Waals surface area contributed by atoms with Crippen LogP contribution in [0.15, 0.2) is 17.1 Å². The lowest BCUT2D eigenvalue weighted by atomic mass is 10.1. The Bertz CT molecular complexity index is 577. The Balaban J connectivity index is 0.00000264. The maximum Gasteiger partial charge on any atom is 0.387 e. The van der Waals surface area contributed by atoms with E-state index in [0.29, 0.717) is 17.1 Å². The van der Waals surface area contributed by atoms with Gasteiger partial charge in [0.15, 0.2) is 17.5 Å². The second-order valence-corrected chi connectivity index (χ2v) is 5.77. The molecule has 6 nitrogen and oxygen atoms in total. The Morgan fingerprint density at radius 1 is 1.35 bits per heavy atom. The van der Waals surface area contributed by atoms with Crippen LogP contribution in [0.25, 0.3) is 0 Å². The highest BCUT2D eigenvalue weighted by molar-refractivity contribution is 14.0. The minimum atomic E-state index is -2.94. The van der Waals surface area contributed by atoms with Crippen molar-refractivity contribution in [2.45, 2.75) is 39.5 Å². The SMILES string of the molecule is CC(C)(C)NC(N)=NCc1cc2c(cc1OC(F)F)OCO2.I. The van der Waals surface area contributed by atoms with Crippen molar-refractivity contribution in [1.29, 1.82) is 0 Å². The lowest BCUT2D eigenvalue weighted by Gasteiger charge is -2.21. The molecule has 0 amide bonds. The number of benzene rings is 1. The van der Waals surface area contributed by atoms with Crippen molar-refractivity contribution >= 4 is 29.9 Å². The molecule has 1 aromatic rings. The fourth-order valence-electron chi connectivity index (χ4n) is 1.89. The Labute approximate surface area is 150 Å². The Hall–Kier alpha value is -1.52. The van der Waals surface area contributed by atoms with Crippen LogP contribution in [-0.4, -0.2) is 24.9 Å². The third-order valence-corrected chi connectivity index (χ3v) is 2.69. The van der Waals surface area contributed by atoms with Gasteiger partial charge in [-0.25, -0.2) is 4.99 Å². The number of halogens is 3. The molecular formula is C14H20F2IN3O3. The number of nitrogens with zero attached hydrogens (tertiary/aromatic N) is 1. The van der Waals surface area contributed by atoms with Crippen molar-refractivity contribution in [3.63, 3.8) is 0 Å². The molecule has 0 spiro atoms. The van der Waals surface area contributed by atoms with E-state index in [1.165, 1.54) is 6.07 Å². The molecule has 1 aliphatic rings. The number of hydrogen-bond donors (Lipinski definition) is 2. The summed E-state index contributed by atoms with van der Waals surface area (Å²) in [4.78, 5) is 4.14. The normalized spacial score (nSPS) is 13.7. The van der Waals surface area contributed by atoms with Crippen LogP contribution in [0.4, 0.5) is 8.78 Å². The van der Waals surface area contributed by atoms with E-state index in [1.54, 1.807) is 6.07 Å². The average Bonchev–Trinajstić information content (AvgIpc) is 2.80. The maximum atomic E-state index is 12.5. The summed E-state index contributed by atoms with van der Waals surface area (Å²) in [5.74, 6) is 1.04. The lowest BCUT2D eigenvalue weighted by Crippen LogP contribution is -2.44. The van der Waals surface area contributed by atoms with Gasteiger partial charge in [0, 0.05) is 17.2 Å². The number of hydrogen-bond acceptors (Lipinski definition) is 4. The predicted molar refractivity (Wildman–Crippen MR) is 92.8 cm³/mol.